The van der Waals surface area contributed by atoms with Gasteiger partial charge in [0.15, 0.2) is 0 Å². The van der Waals surface area contributed by atoms with Crippen molar-refractivity contribution in [3.63, 3.8) is 0 Å². The number of aromatic nitrogens is 1. The first-order valence-corrected chi connectivity index (χ1v) is 5.65. The summed E-state index contributed by atoms with van der Waals surface area (Å²) < 4.78 is 35.0. The minimum absolute atomic E-state index is 0.0748. The van der Waals surface area contributed by atoms with Crippen LogP contribution in [0.25, 0.3) is 0 Å². The molecule has 1 aromatic heterocycles. The quantitative estimate of drug-likeness (QED) is 0.613. The van der Waals surface area contributed by atoms with Crippen LogP contribution in [0.4, 0.5) is 8.78 Å². The Bertz CT molecular complexity index is 426. The first kappa shape index (κ1) is 14.1. The van der Waals surface area contributed by atoms with Gasteiger partial charge in [0.2, 0.25) is 5.88 Å². The number of carbonyl (C=O) groups excluding carboxylic acids is 1. The Morgan fingerprint density at radius 1 is 1.53 bits per heavy atom. The first-order valence-electron chi connectivity index (χ1n) is 4.57. The molecule has 0 aliphatic rings. The number of hydrogen-bond donors (Lipinski definition) is 0. The van der Waals surface area contributed by atoms with Crippen molar-refractivity contribution in [1.82, 2.24) is 4.98 Å². The van der Waals surface area contributed by atoms with Crippen molar-refractivity contribution >= 4 is 28.6 Å². The number of carbonyl (C=O) groups is 1. The Morgan fingerprint density at radius 2 is 2.18 bits per heavy atom. The Labute approximate surface area is 110 Å². The summed E-state index contributed by atoms with van der Waals surface area (Å²) in [7, 11) is 2.50. The van der Waals surface area contributed by atoms with Crippen molar-refractivity contribution in [2.45, 2.75) is 12.8 Å². The molecule has 0 bridgehead atoms. The predicted octanol–water partition coefficient (Wildman–Crippen LogP) is 2.35. The number of rotatable bonds is 4. The summed E-state index contributed by atoms with van der Waals surface area (Å²) in [6.45, 7) is 0. The Kier molecular flexibility index (Phi) is 5.03. The van der Waals surface area contributed by atoms with Crippen LogP contribution in [0, 0.1) is 3.57 Å². The summed E-state index contributed by atoms with van der Waals surface area (Å²) in [6.07, 6.45) is -2.74. The van der Waals surface area contributed by atoms with E-state index in [-0.39, 0.29) is 17.9 Å². The van der Waals surface area contributed by atoms with Crippen molar-refractivity contribution in [2.24, 2.45) is 0 Å². The second-order valence-corrected chi connectivity index (χ2v) is 4.23. The van der Waals surface area contributed by atoms with Gasteiger partial charge >= 0.3 is 5.97 Å². The summed E-state index contributed by atoms with van der Waals surface area (Å²) in [5.74, 6) is -0.651. The van der Waals surface area contributed by atoms with E-state index in [0.29, 0.717) is 9.26 Å². The van der Waals surface area contributed by atoms with Gasteiger partial charge in [0.25, 0.3) is 6.43 Å². The Balaban J connectivity index is 3.13. The lowest BCUT2D eigenvalue weighted by molar-refractivity contribution is -0.139. The third-order valence-corrected chi connectivity index (χ3v) is 2.94. The molecule has 0 saturated heterocycles. The van der Waals surface area contributed by atoms with Gasteiger partial charge < -0.3 is 9.47 Å². The predicted molar refractivity (Wildman–Crippen MR) is 64.2 cm³/mol. The van der Waals surface area contributed by atoms with Gasteiger partial charge in [-0.1, -0.05) is 0 Å². The van der Waals surface area contributed by atoms with Gasteiger partial charge in [0.1, 0.15) is 0 Å². The molecule has 0 fully saturated rings. The number of hydrogen-bond acceptors (Lipinski definition) is 4. The van der Waals surface area contributed by atoms with Crippen molar-refractivity contribution in [3.05, 3.63) is 20.9 Å². The SMILES string of the molecule is COC(=O)Cc1nc(OC)c(C(F)F)cc1I. The summed E-state index contributed by atoms with van der Waals surface area (Å²) in [4.78, 5) is 15.0. The van der Waals surface area contributed by atoms with Gasteiger partial charge in [-0.3, -0.25) is 4.79 Å². The molecule has 1 heterocycles. The average molecular weight is 357 g/mol. The number of methoxy groups -OCH3 is 2. The molecule has 7 heteroatoms. The maximum atomic E-state index is 12.6. The molecular weight excluding hydrogens is 347 g/mol. The van der Waals surface area contributed by atoms with E-state index in [2.05, 4.69) is 9.72 Å². The van der Waals surface area contributed by atoms with Crippen molar-refractivity contribution in [3.8, 4) is 5.88 Å². The Morgan fingerprint density at radius 3 is 2.65 bits per heavy atom. The highest BCUT2D eigenvalue weighted by atomic mass is 127. The molecule has 0 radical (unpaired) electrons. The van der Waals surface area contributed by atoms with E-state index in [4.69, 9.17) is 4.74 Å². The normalized spacial score (nSPS) is 10.5. The molecule has 1 rings (SSSR count). The number of pyridine rings is 1. The number of ether oxygens (including phenoxy) is 2. The molecule has 0 atom stereocenters. The third-order valence-electron chi connectivity index (χ3n) is 2.01. The second kappa shape index (κ2) is 6.08. The fourth-order valence-electron chi connectivity index (χ4n) is 1.17. The zero-order valence-electron chi connectivity index (χ0n) is 9.17. The fraction of sp³-hybridized carbons (Fsp3) is 0.400. The monoisotopic (exact) mass is 357 g/mol. The molecule has 0 unspecified atom stereocenters. The molecule has 0 saturated carbocycles. The average Bonchev–Trinajstić information content (AvgIpc) is 2.30. The maximum Gasteiger partial charge on any atom is 0.311 e. The summed E-state index contributed by atoms with van der Waals surface area (Å²) in [5.41, 5.74) is 0.0733. The molecule has 94 valence electrons. The van der Waals surface area contributed by atoms with E-state index in [0.717, 1.165) is 0 Å². The van der Waals surface area contributed by atoms with E-state index >= 15 is 0 Å². The number of alkyl halides is 2. The molecule has 4 nitrogen and oxygen atoms in total. The lowest BCUT2D eigenvalue weighted by Gasteiger charge is -2.10. The van der Waals surface area contributed by atoms with E-state index in [1.807, 2.05) is 22.6 Å². The molecule has 0 N–H and O–H groups in total. The highest BCUT2D eigenvalue weighted by molar-refractivity contribution is 14.1. The molecule has 0 aromatic carbocycles. The number of esters is 1. The molecule has 17 heavy (non-hydrogen) atoms. The topological polar surface area (TPSA) is 48.4 Å². The van der Waals surface area contributed by atoms with Crippen LogP contribution in [-0.4, -0.2) is 25.2 Å². The van der Waals surface area contributed by atoms with Gasteiger partial charge in [-0.25, -0.2) is 13.8 Å². The van der Waals surface area contributed by atoms with Gasteiger partial charge in [0, 0.05) is 3.57 Å². The standard InChI is InChI=1S/C10H10F2INO3/c1-16-8(15)4-7-6(13)3-5(9(11)12)10(14-7)17-2/h3,9H,4H2,1-2H3. The molecule has 0 spiro atoms. The van der Waals surface area contributed by atoms with Crippen molar-refractivity contribution < 1.29 is 23.0 Å². The van der Waals surface area contributed by atoms with Crippen LogP contribution in [0.3, 0.4) is 0 Å². The summed E-state index contributed by atoms with van der Waals surface area (Å²) >= 11 is 1.84. The first-order chi connectivity index (χ1) is 7.99. The van der Waals surface area contributed by atoms with Gasteiger partial charge in [0.05, 0.1) is 31.9 Å². The summed E-state index contributed by atoms with van der Waals surface area (Å²) in [5, 5.41) is 0. The molecular formula is C10H10F2INO3. The number of halogens is 3. The van der Waals surface area contributed by atoms with Crippen LogP contribution in [0.2, 0.25) is 0 Å². The molecule has 1 aromatic rings. The van der Waals surface area contributed by atoms with E-state index in [1.54, 1.807) is 0 Å². The van der Waals surface area contributed by atoms with Crippen LogP contribution >= 0.6 is 22.6 Å². The maximum absolute atomic E-state index is 12.6. The highest BCUT2D eigenvalue weighted by Crippen LogP contribution is 2.30. The van der Waals surface area contributed by atoms with Crippen molar-refractivity contribution in [2.75, 3.05) is 14.2 Å². The largest absolute Gasteiger partial charge is 0.481 e. The number of nitrogens with zero attached hydrogens (tertiary/aromatic N) is 1. The van der Waals surface area contributed by atoms with Crippen LogP contribution < -0.4 is 4.74 Å². The third kappa shape index (κ3) is 3.48. The van der Waals surface area contributed by atoms with Crippen molar-refractivity contribution in [1.29, 1.82) is 0 Å². The van der Waals surface area contributed by atoms with Gasteiger partial charge in [-0.2, -0.15) is 0 Å². The molecule has 0 amide bonds. The zero-order valence-corrected chi connectivity index (χ0v) is 11.3. The smallest absolute Gasteiger partial charge is 0.311 e. The van der Waals surface area contributed by atoms with E-state index in [1.165, 1.54) is 20.3 Å². The Hall–Kier alpha value is -0.990. The molecule has 0 aliphatic carbocycles. The van der Waals surface area contributed by atoms with E-state index in [9.17, 15) is 13.6 Å². The lowest BCUT2D eigenvalue weighted by Crippen LogP contribution is -2.09. The van der Waals surface area contributed by atoms with Gasteiger partial charge in [-0.15, -0.1) is 0 Å². The zero-order chi connectivity index (χ0) is 13.0. The molecule has 0 aliphatic heterocycles. The van der Waals surface area contributed by atoms with Crippen LogP contribution in [0.5, 0.6) is 5.88 Å². The van der Waals surface area contributed by atoms with Crippen LogP contribution in [0.15, 0.2) is 6.07 Å². The van der Waals surface area contributed by atoms with E-state index < -0.39 is 12.4 Å². The second-order valence-electron chi connectivity index (χ2n) is 3.07. The fourth-order valence-corrected chi connectivity index (χ4v) is 1.82. The summed E-state index contributed by atoms with van der Waals surface area (Å²) in [6, 6.07) is 1.26. The highest BCUT2D eigenvalue weighted by Gasteiger charge is 2.19. The van der Waals surface area contributed by atoms with Gasteiger partial charge in [-0.05, 0) is 28.7 Å². The van der Waals surface area contributed by atoms with Crippen LogP contribution in [-0.2, 0) is 16.0 Å². The minimum Gasteiger partial charge on any atom is -0.481 e. The minimum atomic E-state index is -2.67. The lowest BCUT2D eigenvalue weighted by atomic mass is 10.2. The van der Waals surface area contributed by atoms with Crippen LogP contribution in [0.1, 0.15) is 17.7 Å².